The topological polar surface area (TPSA) is 80.3 Å². The van der Waals surface area contributed by atoms with E-state index in [-0.39, 0.29) is 11.8 Å². The minimum absolute atomic E-state index is 0.269. The maximum absolute atomic E-state index is 12.2. The Bertz CT molecular complexity index is 699. The first kappa shape index (κ1) is 17.6. The summed E-state index contributed by atoms with van der Waals surface area (Å²) in [4.78, 5) is 28.2. The number of methoxy groups -OCH3 is 1. The van der Waals surface area contributed by atoms with Crippen molar-refractivity contribution >= 4 is 11.8 Å². The molecule has 0 aliphatic carbocycles. The molecule has 24 heavy (non-hydrogen) atoms. The summed E-state index contributed by atoms with van der Waals surface area (Å²) >= 11 is 0. The summed E-state index contributed by atoms with van der Waals surface area (Å²) in [6, 6.07) is 9.45. The van der Waals surface area contributed by atoms with Crippen LogP contribution in [0.4, 0.5) is 0 Å². The molecule has 0 radical (unpaired) electrons. The molecule has 0 saturated heterocycles. The lowest BCUT2D eigenvalue weighted by Crippen LogP contribution is -2.28. The smallest absolute Gasteiger partial charge is 0.253 e. The number of nitrogens with zero attached hydrogens (tertiary/aromatic N) is 1. The Hall–Kier alpha value is -2.73. The lowest BCUT2D eigenvalue weighted by molar-refractivity contribution is 0.0936. The van der Waals surface area contributed by atoms with Crippen molar-refractivity contribution in [3.05, 3.63) is 65.0 Å². The van der Waals surface area contributed by atoms with Crippen LogP contribution in [0.1, 0.15) is 31.8 Å². The molecule has 1 aromatic heterocycles. The maximum atomic E-state index is 12.2. The number of benzene rings is 1. The predicted molar refractivity (Wildman–Crippen MR) is 90.8 cm³/mol. The quantitative estimate of drug-likeness (QED) is 0.759. The minimum atomic E-state index is -0.285. The molecule has 6 heteroatoms. The maximum Gasteiger partial charge on any atom is 0.253 e. The van der Waals surface area contributed by atoms with E-state index in [4.69, 9.17) is 4.74 Å². The number of pyridine rings is 1. The molecule has 0 aliphatic heterocycles. The Labute approximate surface area is 141 Å². The summed E-state index contributed by atoms with van der Waals surface area (Å²) < 4.78 is 4.88. The number of nitrogens with one attached hydrogen (secondary N) is 2. The molecule has 0 bridgehead atoms. The Balaban J connectivity index is 1.95. The number of carbonyl (C=O) groups is 2. The number of hydrogen-bond donors (Lipinski definition) is 2. The zero-order valence-electron chi connectivity index (χ0n) is 13.8. The van der Waals surface area contributed by atoms with Gasteiger partial charge in [0.2, 0.25) is 0 Å². The highest BCUT2D eigenvalue weighted by molar-refractivity contribution is 5.99. The van der Waals surface area contributed by atoms with E-state index in [0.717, 1.165) is 5.56 Å². The molecule has 0 spiro atoms. The first-order valence-corrected chi connectivity index (χ1v) is 7.66. The van der Waals surface area contributed by atoms with E-state index < -0.39 is 0 Å². The molecule has 126 valence electrons. The average Bonchev–Trinajstić information content (AvgIpc) is 2.61. The Kier molecular flexibility index (Phi) is 6.45. The lowest BCUT2D eigenvalue weighted by atomic mass is 10.1. The van der Waals surface area contributed by atoms with Gasteiger partial charge in [0.25, 0.3) is 11.8 Å². The van der Waals surface area contributed by atoms with Gasteiger partial charge in [-0.2, -0.15) is 0 Å². The molecule has 6 nitrogen and oxygen atoms in total. The van der Waals surface area contributed by atoms with Crippen molar-refractivity contribution in [1.29, 1.82) is 0 Å². The second-order valence-electron chi connectivity index (χ2n) is 5.38. The van der Waals surface area contributed by atoms with Crippen LogP contribution in [0.5, 0.6) is 0 Å². The van der Waals surface area contributed by atoms with Gasteiger partial charge in [-0.05, 0) is 18.6 Å². The zero-order valence-corrected chi connectivity index (χ0v) is 13.8. The van der Waals surface area contributed by atoms with Gasteiger partial charge in [-0.25, -0.2) is 0 Å². The van der Waals surface area contributed by atoms with Gasteiger partial charge in [-0.3, -0.25) is 14.6 Å². The fourth-order valence-corrected chi connectivity index (χ4v) is 2.05. The third-order valence-electron chi connectivity index (χ3n) is 3.43. The molecular formula is C18H21N3O3. The fourth-order valence-electron chi connectivity index (χ4n) is 2.05. The first-order chi connectivity index (χ1) is 11.6. The summed E-state index contributed by atoms with van der Waals surface area (Å²) in [6.45, 7) is 3.26. The predicted octanol–water partition coefficient (Wildman–Crippen LogP) is 1.70. The van der Waals surface area contributed by atoms with Crippen molar-refractivity contribution in [2.45, 2.75) is 13.5 Å². The van der Waals surface area contributed by atoms with Crippen molar-refractivity contribution in [1.82, 2.24) is 15.6 Å². The van der Waals surface area contributed by atoms with Gasteiger partial charge in [0, 0.05) is 32.6 Å². The van der Waals surface area contributed by atoms with Crippen molar-refractivity contribution in [3.63, 3.8) is 0 Å². The lowest BCUT2D eigenvalue weighted by Gasteiger charge is -2.08. The van der Waals surface area contributed by atoms with Gasteiger partial charge in [-0.15, -0.1) is 0 Å². The Morgan fingerprint density at radius 2 is 1.67 bits per heavy atom. The number of amides is 2. The number of rotatable bonds is 7. The van der Waals surface area contributed by atoms with E-state index in [1.165, 1.54) is 24.0 Å². The molecule has 0 aliphatic rings. The number of aromatic nitrogens is 1. The second-order valence-corrected chi connectivity index (χ2v) is 5.38. The normalized spacial score (nSPS) is 10.2. The third kappa shape index (κ3) is 5.17. The van der Waals surface area contributed by atoms with Gasteiger partial charge >= 0.3 is 0 Å². The van der Waals surface area contributed by atoms with Gasteiger partial charge in [0.15, 0.2) is 0 Å². The van der Waals surface area contributed by atoms with Crippen molar-refractivity contribution in [2.24, 2.45) is 0 Å². The van der Waals surface area contributed by atoms with Crippen molar-refractivity contribution in [3.8, 4) is 0 Å². The monoisotopic (exact) mass is 327 g/mol. The molecule has 0 saturated carbocycles. The molecule has 1 heterocycles. The highest BCUT2D eigenvalue weighted by Gasteiger charge is 2.11. The fraction of sp³-hybridized carbons (Fsp3) is 0.278. The molecule has 2 N–H and O–H groups in total. The van der Waals surface area contributed by atoms with Crippen LogP contribution < -0.4 is 10.6 Å². The van der Waals surface area contributed by atoms with E-state index in [1.807, 2.05) is 31.2 Å². The summed E-state index contributed by atoms with van der Waals surface area (Å²) in [6.07, 6.45) is 2.87. The van der Waals surface area contributed by atoms with E-state index in [2.05, 4.69) is 15.6 Å². The second kappa shape index (κ2) is 8.79. The zero-order chi connectivity index (χ0) is 17.4. The summed E-state index contributed by atoms with van der Waals surface area (Å²) in [5.74, 6) is -0.553. The van der Waals surface area contributed by atoms with Gasteiger partial charge < -0.3 is 15.4 Å². The van der Waals surface area contributed by atoms with E-state index in [9.17, 15) is 9.59 Å². The molecule has 2 aromatic rings. The number of aryl methyl sites for hydroxylation is 1. The SMILES string of the molecule is COCCNC(=O)c1cncc(C(=O)NCc2ccc(C)cc2)c1. The van der Waals surface area contributed by atoms with Gasteiger partial charge in [0.1, 0.15) is 0 Å². The van der Waals surface area contributed by atoms with Crippen LogP contribution in [-0.2, 0) is 11.3 Å². The summed E-state index contributed by atoms with van der Waals surface area (Å²) in [5, 5.41) is 5.52. The standard InChI is InChI=1S/C18H21N3O3/c1-13-3-5-14(6-4-13)10-21-18(23)16-9-15(11-19-12-16)17(22)20-7-8-24-2/h3-6,9,11-12H,7-8,10H2,1-2H3,(H,20,22)(H,21,23). The van der Waals surface area contributed by atoms with Gasteiger partial charge in [0.05, 0.1) is 17.7 Å². The van der Waals surface area contributed by atoms with Crippen LogP contribution in [-0.4, -0.2) is 37.1 Å². The molecule has 2 rings (SSSR count). The first-order valence-electron chi connectivity index (χ1n) is 7.66. The average molecular weight is 327 g/mol. The third-order valence-corrected chi connectivity index (χ3v) is 3.43. The van der Waals surface area contributed by atoms with Crippen LogP contribution >= 0.6 is 0 Å². The van der Waals surface area contributed by atoms with Crippen LogP contribution in [0.3, 0.4) is 0 Å². The van der Waals surface area contributed by atoms with Crippen molar-refractivity contribution < 1.29 is 14.3 Å². The Morgan fingerprint density at radius 3 is 2.29 bits per heavy atom. The van der Waals surface area contributed by atoms with E-state index in [0.29, 0.717) is 30.8 Å². The molecule has 0 unspecified atom stereocenters. The highest BCUT2D eigenvalue weighted by Crippen LogP contribution is 2.05. The highest BCUT2D eigenvalue weighted by atomic mass is 16.5. The van der Waals surface area contributed by atoms with Crippen molar-refractivity contribution in [2.75, 3.05) is 20.3 Å². The molecule has 0 atom stereocenters. The molecular weight excluding hydrogens is 306 g/mol. The van der Waals surface area contributed by atoms with E-state index in [1.54, 1.807) is 7.11 Å². The largest absolute Gasteiger partial charge is 0.383 e. The van der Waals surface area contributed by atoms with Crippen LogP contribution in [0.25, 0.3) is 0 Å². The molecule has 1 aromatic carbocycles. The molecule has 0 fully saturated rings. The number of carbonyl (C=O) groups excluding carboxylic acids is 2. The van der Waals surface area contributed by atoms with Crippen LogP contribution in [0, 0.1) is 6.92 Å². The van der Waals surface area contributed by atoms with Crippen LogP contribution in [0.15, 0.2) is 42.7 Å². The number of hydrogen-bond acceptors (Lipinski definition) is 4. The number of ether oxygens (including phenoxy) is 1. The van der Waals surface area contributed by atoms with Gasteiger partial charge in [-0.1, -0.05) is 29.8 Å². The van der Waals surface area contributed by atoms with Crippen LogP contribution in [0.2, 0.25) is 0 Å². The summed E-state index contributed by atoms with van der Waals surface area (Å²) in [7, 11) is 1.56. The minimum Gasteiger partial charge on any atom is -0.383 e. The Morgan fingerprint density at radius 1 is 1.04 bits per heavy atom. The molecule has 2 amide bonds. The summed E-state index contributed by atoms with van der Waals surface area (Å²) in [5.41, 5.74) is 2.87. The van der Waals surface area contributed by atoms with E-state index >= 15 is 0 Å².